The van der Waals surface area contributed by atoms with Gasteiger partial charge in [0.1, 0.15) is 0 Å². The lowest BCUT2D eigenvalue weighted by molar-refractivity contribution is 0.0847. The van der Waals surface area contributed by atoms with E-state index in [9.17, 15) is 0 Å². The van der Waals surface area contributed by atoms with E-state index in [1.807, 2.05) is 0 Å². The van der Waals surface area contributed by atoms with Crippen molar-refractivity contribution in [3.05, 3.63) is 0 Å². The highest BCUT2D eigenvalue weighted by Gasteiger charge is 2.37. The van der Waals surface area contributed by atoms with Crippen molar-refractivity contribution >= 4 is 0 Å². The zero-order valence-corrected chi connectivity index (χ0v) is 12.4. The molecule has 102 valence electrons. The summed E-state index contributed by atoms with van der Waals surface area (Å²) in [6, 6.07) is 0.705. The second-order valence-electron chi connectivity index (χ2n) is 7.26. The van der Waals surface area contributed by atoms with Crippen LogP contribution in [0.4, 0.5) is 0 Å². The largest absolute Gasteiger partial charge is 0.385 e. The van der Waals surface area contributed by atoms with Gasteiger partial charge in [0.05, 0.1) is 0 Å². The Morgan fingerprint density at radius 3 is 2.18 bits per heavy atom. The first-order chi connectivity index (χ1) is 7.85. The van der Waals surface area contributed by atoms with Crippen molar-refractivity contribution in [2.45, 2.75) is 65.8 Å². The third-order valence-corrected chi connectivity index (χ3v) is 3.76. The van der Waals surface area contributed by atoms with Crippen LogP contribution < -0.4 is 5.32 Å². The molecule has 0 heterocycles. The van der Waals surface area contributed by atoms with Crippen LogP contribution >= 0.6 is 0 Å². The zero-order valence-electron chi connectivity index (χ0n) is 12.4. The topological polar surface area (TPSA) is 21.3 Å². The standard InChI is InChI=1S/C15H31NO/c1-14(2)10-13(11-15(3,4)12-14)16-8-6-7-9-17-5/h13,16H,6-12H2,1-5H3. The van der Waals surface area contributed by atoms with Gasteiger partial charge in [-0.05, 0) is 49.5 Å². The molecule has 0 radical (unpaired) electrons. The molecule has 0 atom stereocenters. The van der Waals surface area contributed by atoms with Crippen LogP contribution in [0, 0.1) is 10.8 Å². The average molecular weight is 241 g/mol. The van der Waals surface area contributed by atoms with E-state index in [-0.39, 0.29) is 0 Å². The van der Waals surface area contributed by atoms with Crippen molar-refractivity contribution in [2.75, 3.05) is 20.3 Å². The van der Waals surface area contributed by atoms with Crippen LogP contribution in [0.2, 0.25) is 0 Å². The first-order valence-electron chi connectivity index (χ1n) is 7.07. The molecule has 0 amide bonds. The fourth-order valence-electron chi connectivity index (χ4n) is 3.67. The lowest BCUT2D eigenvalue weighted by Gasteiger charge is -2.45. The Bertz CT molecular complexity index is 207. The summed E-state index contributed by atoms with van der Waals surface area (Å²) < 4.78 is 5.07. The fraction of sp³-hybridized carbons (Fsp3) is 1.00. The van der Waals surface area contributed by atoms with Crippen molar-refractivity contribution < 1.29 is 4.74 Å². The van der Waals surface area contributed by atoms with Gasteiger partial charge in [0, 0.05) is 19.8 Å². The van der Waals surface area contributed by atoms with E-state index in [1.165, 1.54) is 32.1 Å². The van der Waals surface area contributed by atoms with Gasteiger partial charge < -0.3 is 10.1 Å². The third kappa shape index (κ3) is 5.87. The van der Waals surface area contributed by atoms with E-state index in [4.69, 9.17) is 4.74 Å². The predicted molar refractivity (Wildman–Crippen MR) is 74.3 cm³/mol. The molecule has 1 saturated carbocycles. The molecule has 1 fully saturated rings. The molecule has 1 aliphatic rings. The molecule has 1 rings (SSSR count). The molecular formula is C15H31NO. The first kappa shape index (κ1) is 15.0. The van der Waals surface area contributed by atoms with Crippen LogP contribution in [-0.2, 0) is 4.74 Å². The van der Waals surface area contributed by atoms with Crippen molar-refractivity contribution in [3.63, 3.8) is 0 Å². The summed E-state index contributed by atoms with van der Waals surface area (Å²) in [5, 5.41) is 3.74. The van der Waals surface area contributed by atoms with Gasteiger partial charge in [0.25, 0.3) is 0 Å². The lowest BCUT2D eigenvalue weighted by atomic mass is 9.63. The normalized spacial score (nSPS) is 23.8. The van der Waals surface area contributed by atoms with Gasteiger partial charge in [0.15, 0.2) is 0 Å². The van der Waals surface area contributed by atoms with Crippen molar-refractivity contribution in [2.24, 2.45) is 10.8 Å². The molecule has 0 aliphatic heterocycles. The molecule has 0 spiro atoms. The minimum Gasteiger partial charge on any atom is -0.385 e. The number of ether oxygens (including phenoxy) is 1. The second kappa shape index (κ2) is 6.19. The molecule has 0 aromatic heterocycles. The molecule has 17 heavy (non-hydrogen) atoms. The highest BCUT2D eigenvalue weighted by molar-refractivity contribution is 4.92. The van der Waals surface area contributed by atoms with E-state index in [2.05, 4.69) is 33.0 Å². The predicted octanol–water partition coefficient (Wildman–Crippen LogP) is 3.61. The molecule has 2 nitrogen and oxygen atoms in total. The second-order valence-corrected chi connectivity index (χ2v) is 7.26. The van der Waals surface area contributed by atoms with Gasteiger partial charge >= 0.3 is 0 Å². The Hall–Kier alpha value is -0.0800. The Morgan fingerprint density at radius 2 is 1.65 bits per heavy atom. The van der Waals surface area contributed by atoms with Crippen LogP contribution in [0.15, 0.2) is 0 Å². The van der Waals surface area contributed by atoms with Gasteiger partial charge in [-0.3, -0.25) is 0 Å². The molecule has 1 N–H and O–H groups in total. The molecule has 1 aliphatic carbocycles. The number of hydrogen-bond donors (Lipinski definition) is 1. The number of rotatable bonds is 6. The fourth-order valence-corrected chi connectivity index (χ4v) is 3.67. The summed E-state index contributed by atoms with van der Waals surface area (Å²) in [5.74, 6) is 0. The third-order valence-electron chi connectivity index (χ3n) is 3.76. The molecule has 0 bridgehead atoms. The van der Waals surface area contributed by atoms with E-state index in [1.54, 1.807) is 7.11 Å². The van der Waals surface area contributed by atoms with Crippen LogP contribution in [0.5, 0.6) is 0 Å². The van der Waals surface area contributed by atoms with Crippen molar-refractivity contribution in [1.29, 1.82) is 0 Å². The van der Waals surface area contributed by atoms with Gasteiger partial charge in [0.2, 0.25) is 0 Å². The minimum absolute atomic E-state index is 0.492. The lowest BCUT2D eigenvalue weighted by Crippen LogP contribution is -2.44. The maximum absolute atomic E-state index is 5.07. The molecule has 0 aromatic carbocycles. The smallest absolute Gasteiger partial charge is 0.0462 e. The summed E-state index contributed by atoms with van der Waals surface area (Å²) in [5.41, 5.74) is 0.984. The molecule has 0 aromatic rings. The van der Waals surface area contributed by atoms with Gasteiger partial charge in [-0.15, -0.1) is 0 Å². The Labute approximate surface area is 108 Å². The summed E-state index contributed by atoms with van der Waals surface area (Å²) in [4.78, 5) is 0. The minimum atomic E-state index is 0.492. The summed E-state index contributed by atoms with van der Waals surface area (Å²) >= 11 is 0. The van der Waals surface area contributed by atoms with Crippen molar-refractivity contribution in [3.8, 4) is 0 Å². The monoisotopic (exact) mass is 241 g/mol. The van der Waals surface area contributed by atoms with E-state index in [0.29, 0.717) is 16.9 Å². The van der Waals surface area contributed by atoms with Crippen LogP contribution in [-0.4, -0.2) is 26.3 Å². The Kier molecular flexibility index (Phi) is 5.46. The molecule has 2 heteroatoms. The van der Waals surface area contributed by atoms with E-state index < -0.39 is 0 Å². The summed E-state index contributed by atoms with van der Waals surface area (Å²) in [6.45, 7) is 11.7. The zero-order chi connectivity index (χ0) is 12.9. The molecule has 0 unspecified atom stereocenters. The van der Waals surface area contributed by atoms with E-state index >= 15 is 0 Å². The van der Waals surface area contributed by atoms with Crippen LogP contribution in [0.1, 0.15) is 59.8 Å². The number of hydrogen-bond acceptors (Lipinski definition) is 2. The SMILES string of the molecule is COCCCCNC1CC(C)(C)CC(C)(C)C1. The number of unbranched alkanes of at least 4 members (excludes halogenated alkanes) is 1. The van der Waals surface area contributed by atoms with Crippen LogP contribution in [0.25, 0.3) is 0 Å². The van der Waals surface area contributed by atoms with Gasteiger partial charge in [-0.1, -0.05) is 27.7 Å². The highest BCUT2D eigenvalue weighted by atomic mass is 16.5. The molecular weight excluding hydrogens is 210 g/mol. The maximum atomic E-state index is 5.07. The first-order valence-corrected chi connectivity index (χ1v) is 7.07. The quantitative estimate of drug-likeness (QED) is 0.717. The summed E-state index contributed by atoms with van der Waals surface area (Å²) in [7, 11) is 1.78. The Morgan fingerprint density at radius 1 is 1.06 bits per heavy atom. The van der Waals surface area contributed by atoms with Crippen LogP contribution in [0.3, 0.4) is 0 Å². The van der Waals surface area contributed by atoms with Gasteiger partial charge in [-0.2, -0.15) is 0 Å². The highest BCUT2D eigenvalue weighted by Crippen LogP contribution is 2.45. The summed E-state index contributed by atoms with van der Waals surface area (Å²) in [6.07, 6.45) is 6.39. The average Bonchev–Trinajstić information content (AvgIpc) is 2.12. The Balaban J connectivity index is 2.28. The number of nitrogens with one attached hydrogen (secondary N) is 1. The molecule has 0 saturated heterocycles. The maximum Gasteiger partial charge on any atom is 0.0462 e. The van der Waals surface area contributed by atoms with Gasteiger partial charge in [-0.25, -0.2) is 0 Å². The number of methoxy groups -OCH3 is 1. The van der Waals surface area contributed by atoms with E-state index in [0.717, 1.165) is 13.2 Å². The van der Waals surface area contributed by atoms with Crippen molar-refractivity contribution in [1.82, 2.24) is 5.32 Å².